The Labute approximate surface area is 169 Å². The normalized spacial score (nSPS) is 21.0. The third-order valence-electron chi connectivity index (χ3n) is 4.69. The van der Waals surface area contributed by atoms with Crippen LogP contribution in [0, 0.1) is 0 Å². The first-order chi connectivity index (χ1) is 14.5. The van der Waals surface area contributed by atoms with Crippen LogP contribution in [0.3, 0.4) is 0 Å². The first kappa shape index (κ1) is 19.8. The van der Waals surface area contributed by atoms with E-state index in [4.69, 9.17) is 24.0 Å². The summed E-state index contributed by atoms with van der Waals surface area (Å²) in [7, 11) is 0. The van der Waals surface area contributed by atoms with Crippen LogP contribution in [0.2, 0.25) is 0 Å². The highest BCUT2D eigenvalue weighted by Gasteiger charge is 2.36. The monoisotopic (exact) mass is 414 g/mol. The molecule has 9 heteroatoms. The molecule has 1 aliphatic rings. The number of fused-ring (bicyclic) bond motifs is 1. The first-order valence-electron chi connectivity index (χ1n) is 9.00. The minimum absolute atomic E-state index is 0.0914. The predicted molar refractivity (Wildman–Crippen MR) is 103 cm³/mol. The molecule has 1 aliphatic heterocycles. The van der Waals surface area contributed by atoms with Crippen molar-refractivity contribution < 1.29 is 39.4 Å². The lowest BCUT2D eigenvalue weighted by Crippen LogP contribution is -2.45. The van der Waals surface area contributed by atoms with Crippen molar-refractivity contribution in [1.82, 2.24) is 0 Å². The molecule has 3 aromatic rings. The minimum atomic E-state index is -1.44. The zero-order chi connectivity index (χ0) is 21.3. The summed E-state index contributed by atoms with van der Waals surface area (Å²) in [6.07, 6.45) is -1.43. The average molecular weight is 414 g/mol. The van der Waals surface area contributed by atoms with Gasteiger partial charge in [0.15, 0.2) is 11.2 Å². The lowest BCUT2D eigenvalue weighted by molar-refractivity contribution is -0.208. The van der Waals surface area contributed by atoms with Crippen molar-refractivity contribution in [3.8, 4) is 22.6 Å². The second-order valence-electron chi connectivity index (χ2n) is 6.66. The molecule has 0 fully saturated rings. The summed E-state index contributed by atoms with van der Waals surface area (Å²) >= 11 is 0. The number of hydrogen-bond acceptors (Lipinski definition) is 9. The Morgan fingerprint density at radius 1 is 1.03 bits per heavy atom. The topological polar surface area (TPSA) is 139 Å². The number of rotatable bonds is 5. The Balaban J connectivity index is 1.54. The van der Waals surface area contributed by atoms with E-state index < -0.39 is 24.9 Å². The molecule has 0 radical (unpaired) electrons. The molecule has 30 heavy (non-hydrogen) atoms. The molecule has 3 atom stereocenters. The number of phenolic OH excluding ortho intramolecular Hbond substituents is 1. The zero-order valence-corrected chi connectivity index (χ0v) is 15.5. The lowest BCUT2D eigenvalue weighted by atomic mass is 10.1. The molecule has 9 nitrogen and oxygen atoms in total. The largest absolute Gasteiger partial charge is 0.508 e. The number of aromatic hydroxyl groups is 1. The van der Waals surface area contributed by atoms with Gasteiger partial charge in [0, 0.05) is 6.07 Å². The van der Waals surface area contributed by atoms with Gasteiger partial charge in [-0.3, -0.25) is 14.6 Å². The van der Waals surface area contributed by atoms with Crippen molar-refractivity contribution in [2.75, 3.05) is 6.61 Å². The van der Waals surface area contributed by atoms with Gasteiger partial charge in [0.1, 0.15) is 42.2 Å². The Morgan fingerprint density at radius 3 is 2.53 bits per heavy atom. The van der Waals surface area contributed by atoms with E-state index in [1.165, 1.54) is 36.6 Å². The van der Waals surface area contributed by atoms with Crippen LogP contribution in [-0.2, 0) is 9.62 Å². The summed E-state index contributed by atoms with van der Waals surface area (Å²) < 4.78 is 10.6. The van der Waals surface area contributed by atoms with Gasteiger partial charge in [-0.25, -0.2) is 0 Å². The van der Waals surface area contributed by atoms with Crippen LogP contribution in [0.25, 0.3) is 22.1 Å². The van der Waals surface area contributed by atoms with Crippen LogP contribution in [0.4, 0.5) is 0 Å². The van der Waals surface area contributed by atoms with Crippen molar-refractivity contribution in [2.45, 2.75) is 18.3 Å². The van der Waals surface area contributed by atoms with Gasteiger partial charge in [0.25, 0.3) is 0 Å². The Kier molecular flexibility index (Phi) is 5.32. The maximum Gasteiger partial charge on any atom is 0.221 e. The highest BCUT2D eigenvalue weighted by Crippen LogP contribution is 2.26. The zero-order valence-electron chi connectivity index (χ0n) is 15.5. The van der Waals surface area contributed by atoms with E-state index in [1.807, 2.05) is 0 Å². The molecule has 2 aromatic carbocycles. The lowest BCUT2D eigenvalue weighted by Gasteiger charge is -2.29. The molecule has 0 aliphatic carbocycles. The van der Waals surface area contributed by atoms with Crippen molar-refractivity contribution in [3.05, 3.63) is 71.0 Å². The summed E-state index contributed by atoms with van der Waals surface area (Å²) in [5.74, 6) is 0.0834. The fourth-order valence-corrected chi connectivity index (χ4v) is 2.99. The molecule has 0 spiro atoms. The SMILES string of the molecule is O=c1c(-c2ccc(O)cc2)coc2cc(OOC3=COC(CO)[C@@H](O)C3O)ccc12. The molecule has 2 unspecified atom stereocenters. The summed E-state index contributed by atoms with van der Waals surface area (Å²) in [6.45, 7) is -0.474. The van der Waals surface area contributed by atoms with E-state index in [0.717, 1.165) is 6.26 Å². The van der Waals surface area contributed by atoms with E-state index in [1.54, 1.807) is 12.1 Å². The van der Waals surface area contributed by atoms with E-state index in [-0.39, 0.29) is 28.3 Å². The van der Waals surface area contributed by atoms with Gasteiger partial charge in [-0.1, -0.05) is 12.1 Å². The predicted octanol–water partition coefficient (Wildman–Crippen LogP) is 1.43. The van der Waals surface area contributed by atoms with Crippen LogP contribution in [-0.4, -0.2) is 45.3 Å². The van der Waals surface area contributed by atoms with Gasteiger partial charge in [0.05, 0.1) is 17.6 Å². The van der Waals surface area contributed by atoms with Gasteiger partial charge in [-0.05, 0) is 29.8 Å². The standard InChI is InChI=1S/C21H18O9/c22-8-17-20(25)21(26)18(10-28-17)30-29-13-5-6-14-16(7-13)27-9-15(19(14)24)11-1-3-12(23)4-2-11/h1-7,9-10,17,20-23,25-26H,8H2/t17?,20-,21?/m1/s1. The van der Waals surface area contributed by atoms with Gasteiger partial charge < -0.3 is 29.6 Å². The van der Waals surface area contributed by atoms with E-state index in [9.17, 15) is 20.1 Å². The molecular weight excluding hydrogens is 396 g/mol. The van der Waals surface area contributed by atoms with E-state index in [2.05, 4.69) is 0 Å². The molecule has 4 rings (SSSR count). The molecule has 0 saturated carbocycles. The van der Waals surface area contributed by atoms with Gasteiger partial charge >= 0.3 is 0 Å². The summed E-state index contributed by atoms with van der Waals surface area (Å²) in [4.78, 5) is 22.9. The third-order valence-corrected chi connectivity index (χ3v) is 4.69. The van der Waals surface area contributed by atoms with E-state index in [0.29, 0.717) is 16.5 Å². The summed E-state index contributed by atoms with van der Waals surface area (Å²) in [5, 5.41) is 38.6. The fraction of sp³-hybridized carbons (Fsp3) is 0.190. The Bertz CT molecular complexity index is 1130. The molecular formula is C21H18O9. The van der Waals surface area contributed by atoms with Crippen molar-refractivity contribution in [1.29, 1.82) is 0 Å². The average Bonchev–Trinajstić information content (AvgIpc) is 2.76. The first-order valence-corrected chi connectivity index (χ1v) is 9.00. The van der Waals surface area contributed by atoms with Crippen LogP contribution in [0.15, 0.2) is 70.0 Å². The van der Waals surface area contributed by atoms with Crippen LogP contribution in [0.5, 0.6) is 11.5 Å². The van der Waals surface area contributed by atoms with E-state index >= 15 is 0 Å². The molecule has 0 bridgehead atoms. The van der Waals surface area contributed by atoms with Gasteiger partial charge in [0.2, 0.25) is 5.76 Å². The molecule has 1 aromatic heterocycles. The number of aliphatic hydroxyl groups is 3. The number of benzene rings is 2. The highest BCUT2D eigenvalue weighted by molar-refractivity contribution is 5.82. The molecule has 2 heterocycles. The highest BCUT2D eigenvalue weighted by atomic mass is 17.2. The molecule has 0 saturated heterocycles. The maximum atomic E-state index is 12.8. The maximum absolute atomic E-state index is 12.8. The van der Waals surface area contributed by atoms with Crippen molar-refractivity contribution in [2.24, 2.45) is 0 Å². The minimum Gasteiger partial charge on any atom is -0.508 e. The van der Waals surface area contributed by atoms with Crippen LogP contribution >= 0.6 is 0 Å². The van der Waals surface area contributed by atoms with Crippen molar-refractivity contribution in [3.63, 3.8) is 0 Å². The summed E-state index contributed by atoms with van der Waals surface area (Å²) in [6, 6.07) is 10.6. The smallest absolute Gasteiger partial charge is 0.221 e. The third kappa shape index (κ3) is 3.69. The number of ether oxygens (including phenoxy) is 1. The Morgan fingerprint density at radius 2 is 1.80 bits per heavy atom. The quantitative estimate of drug-likeness (QED) is 0.361. The number of hydrogen-bond donors (Lipinski definition) is 4. The molecule has 0 amide bonds. The summed E-state index contributed by atoms with van der Waals surface area (Å²) in [5.41, 5.74) is 0.933. The second kappa shape index (κ2) is 8.07. The second-order valence-corrected chi connectivity index (χ2v) is 6.66. The fourth-order valence-electron chi connectivity index (χ4n) is 2.99. The number of aliphatic hydroxyl groups excluding tert-OH is 3. The van der Waals surface area contributed by atoms with Gasteiger partial charge in [-0.15, -0.1) is 0 Å². The van der Waals surface area contributed by atoms with Crippen LogP contribution < -0.4 is 10.3 Å². The number of phenols is 1. The molecule has 156 valence electrons. The Hall–Kier alpha value is -3.53. The van der Waals surface area contributed by atoms with Crippen LogP contribution in [0.1, 0.15) is 0 Å². The molecule has 4 N–H and O–H groups in total. The van der Waals surface area contributed by atoms with Crippen molar-refractivity contribution >= 4 is 11.0 Å². The van der Waals surface area contributed by atoms with Gasteiger partial charge in [-0.2, -0.15) is 0 Å².